The number of carboxylic acids is 1. The van der Waals surface area contributed by atoms with Gasteiger partial charge >= 0.3 is 12.0 Å². The van der Waals surface area contributed by atoms with Crippen molar-refractivity contribution in [1.82, 2.24) is 16.0 Å². The molecule has 0 fully saturated rings. The van der Waals surface area contributed by atoms with E-state index in [9.17, 15) is 19.2 Å². The molecule has 0 aliphatic rings. The molecule has 1 atom stereocenters. The van der Waals surface area contributed by atoms with Crippen molar-refractivity contribution in [2.75, 3.05) is 13.6 Å². The topological polar surface area (TPSA) is 151 Å². The molecule has 0 spiro atoms. The van der Waals surface area contributed by atoms with Crippen molar-refractivity contribution in [1.29, 1.82) is 0 Å². The first-order valence-electron chi connectivity index (χ1n) is 4.63. The second-order valence-corrected chi connectivity index (χ2v) is 3.06. The highest BCUT2D eigenvalue weighted by Gasteiger charge is 2.21. The Labute approximate surface area is 96.7 Å². The molecule has 9 heteroatoms. The number of likely N-dealkylation sites (N-methyl/N-ethyl adjacent to an activating group) is 1. The molecule has 0 aliphatic carbocycles. The zero-order valence-corrected chi connectivity index (χ0v) is 9.15. The number of urea groups is 1. The van der Waals surface area contributed by atoms with E-state index in [1.165, 1.54) is 7.05 Å². The Morgan fingerprint density at radius 2 is 1.88 bits per heavy atom. The predicted molar refractivity (Wildman–Crippen MR) is 55.8 cm³/mol. The van der Waals surface area contributed by atoms with Crippen LogP contribution in [0.2, 0.25) is 0 Å². The van der Waals surface area contributed by atoms with Crippen molar-refractivity contribution in [3.63, 3.8) is 0 Å². The van der Waals surface area contributed by atoms with Crippen LogP contribution < -0.4 is 21.7 Å². The lowest BCUT2D eigenvalue weighted by molar-refractivity contribution is -0.140. The highest BCUT2D eigenvalue weighted by Crippen LogP contribution is 1.91. The first-order chi connectivity index (χ1) is 7.86. The van der Waals surface area contributed by atoms with Gasteiger partial charge < -0.3 is 26.8 Å². The molecular formula is C8H14N4O5. The SMILES string of the molecule is CNC(=O)CNC(=O)N[C@H](CC(N)=O)C(=O)O. The van der Waals surface area contributed by atoms with Crippen LogP contribution in [0.1, 0.15) is 6.42 Å². The van der Waals surface area contributed by atoms with E-state index < -0.39 is 36.3 Å². The van der Waals surface area contributed by atoms with Crippen LogP contribution in [0.5, 0.6) is 0 Å². The van der Waals surface area contributed by atoms with E-state index in [1.54, 1.807) is 0 Å². The summed E-state index contributed by atoms with van der Waals surface area (Å²) in [6.45, 7) is -0.300. The third-order valence-electron chi connectivity index (χ3n) is 1.70. The molecular weight excluding hydrogens is 232 g/mol. The van der Waals surface area contributed by atoms with Gasteiger partial charge in [0.1, 0.15) is 6.04 Å². The zero-order valence-electron chi connectivity index (χ0n) is 9.15. The smallest absolute Gasteiger partial charge is 0.326 e. The van der Waals surface area contributed by atoms with Gasteiger partial charge in [0.15, 0.2) is 0 Å². The minimum absolute atomic E-state index is 0.300. The van der Waals surface area contributed by atoms with E-state index in [-0.39, 0.29) is 6.54 Å². The highest BCUT2D eigenvalue weighted by molar-refractivity contribution is 5.89. The number of primary amides is 1. The number of hydrogen-bond acceptors (Lipinski definition) is 4. The van der Waals surface area contributed by atoms with E-state index in [0.717, 1.165) is 0 Å². The van der Waals surface area contributed by atoms with Crippen LogP contribution in [0.4, 0.5) is 4.79 Å². The maximum absolute atomic E-state index is 11.1. The number of rotatable bonds is 6. The number of carbonyl (C=O) groups excluding carboxylic acids is 3. The molecule has 0 saturated carbocycles. The average molecular weight is 246 g/mol. The van der Waals surface area contributed by atoms with Gasteiger partial charge in [-0.3, -0.25) is 9.59 Å². The second kappa shape index (κ2) is 7.04. The summed E-state index contributed by atoms with van der Waals surface area (Å²) < 4.78 is 0. The first-order valence-corrected chi connectivity index (χ1v) is 4.63. The van der Waals surface area contributed by atoms with Gasteiger partial charge in [-0.15, -0.1) is 0 Å². The fourth-order valence-corrected chi connectivity index (χ4v) is 0.859. The molecule has 4 amide bonds. The summed E-state index contributed by atoms with van der Waals surface area (Å²) in [5.74, 6) is -2.69. The summed E-state index contributed by atoms with van der Waals surface area (Å²) in [5.41, 5.74) is 4.81. The average Bonchev–Trinajstić information content (AvgIpc) is 2.24. The Morgan fingerprint density at radius 3 is 2.29 bits per heavy atom. The van der Waals surface area contributed by atoms with Gasteiger partial charge in [0, 0.05) is 7.05 Å². The summed E-state index contributed by atoms with van der Waals surface area (Å²) in [6, 6.07) is -2.29. The summed E-state index contributed by atoms with van der Waals surface area (Å²) in [4.78, 5) is 43.1. The summed E-state index contributed by atoms with van der Waals surface area (Å²) in [5, 5.41) is 15.0. The Balaban J connectivity index is 4.17. The van der Waals surface area contributed by atoms with Gasteiger partial charge in [-0.05, 0) is 0 Å². The molecule has 0 rings (SSSR count). The quantitative estimate of drug-likeness (QED) is 0.347. The van der Waals surface area contributed by atoms with Crippen molar-refractivity contribution in [3.05, 3.63) is 0 Å². The molecule has 0 heterocycles. The molecule has 0 bridgehead atoms. The Hall–Kier alpha value is -2.32. The number of nitrogens with two attached hydrogens (primary N) is 1. The van der Waals surface area contributed by atoms with Crippen molar-refractivity contribution >= 4 is 23.8 Å². The van der Waals surface area contributed by atoms with Crippen molar-refractivity contribution in [3.8, 4) is 0 Å². The van der Waals surface area contributed by atoms with Crippen LogP contribution in [-0.2, 0) is 14.4 Å². The number of amides is 4. The molecule has 0 saturated heterocycles. The van der Waals surface area contributed by atoms with Crippen LogP contribution in [-0.4, -0.2) is 48.6 Å². The standard InChI is InChI=1S/C8H14N4O5/c1-10-6(14)3-11-8(17)12-4(7(15)16)2-5(9)13/h4H,2-3H2,1H3,(H2,9,13)(H,10,14)(H,15,16)(H2,11,12,17)/t4-/m1/s1. The number of nitrogens with one attached hydrogen (secondary N) is 3. The second-order valence-electron chi connectivity index (χ2n) is 3.06. The Kier molecular flexibility index (Phi) is 6.08. The monoisotopic (exact) mass is 246 g/mol. The van der Waals surface area contributed by atoms with Crippen LogP contribution in [0.25, 0.3) is 0 Å². The molecule has 0 unspecified atom stereocenters. The maximum Gasteiger partial charge on any atom is 0.326 e. The summed E-state index contributed by atoms with van der Waals surface area (Å²) in [6.07, 6.45) is -0.525. The third kappa shape index (κ3) is 6.71. The summed E-state index contributed by atoms with van der Waals surface area (Å²) in [7, 11) is 1.38. The third-order valence-corrected chi connectivity index (χ3v) is 1.70. The Bertz CT molecular complexity index is 330. The van der Waals surface area contributed by atoms with Gasteiger partial charge in [-0.25, -0.2) is 9.59 Å². The molecule has 0 radical (unpaired) electrons. The van der Waals surface area contributed by atoms with Gasteiger partial charge in [0.05, 0.1) is 13.0 Å². The zero-order chi connectivity index (χ0) is 13.4. The van der Waals surface area contributed by atoms with Gasteiger partial charge in [-0.1, -0.05) is 0 Å². The van der Waals surface area contributed by atoms with E-state index in [2.05, 4.69) is 10.6 Å². The maximum atomic E-state index is 11.1. The summed E-state index contributed by atoms with van der Waals surface area (Å²) >= 11 is 0. The van der Waals surface area contributed by atoms with Crippen molar-refractivity contribution in [2.24, 2.45) is 5.73 Å². The van der Waals surface area contributed by atoms with Crippen LogP contribution in [0, 0.1) is 0 Å². The van der Waals surface area contributed by atoms with Crippen LogP contribution in [0.3, 0.4) is 0 Å². The van der Waals surface area contributed by atoms with Gasteiger partial charge in [0.2, 0.25) is 11.8 Å². The lowest BCUT2D eigenvalue weighted by Crippen LogP contribution is -2.49. The van der Waals surface area contributed by atoms with Gasteiger partial charge in [-0.2, -0.15) is 0 Å². The van der Waals surface area contributed by atoms with Crippen LogP contribution in [0.15, 0.2) is 0 Å². The number of carbonyl (C=O) groups is 4. The predicted octanol–water partition coefficient (Wildman–Crippen LogP) is -2.64. The van der Waals surface area contributed by atoms with E-state index in [4.69, 9.17) is 10.8 Å². The number of carboxylic acid groups (broad SMARTS) is 1. The van der Waals surface area contributed by atoms with Crippen molar-refractivity contribution in [2.45, 2.75) is 12.5 Å². The minimum Gasteiger partial charge on any atom is -0.480 e. The molecule has 0 aromatic heterocycles. The van der Waals surface area contributed by atoms with Crippen LogP contribution >= 0.6 is 0 Å². The number of aliphatic carboxylic acids is 1. The minimum atomic E-state index is -1.42. The molecule has 0 aromatic rings. The fourth-order valence-electron chi connectivity index (χ4n) is 0.859. The first kappa shape index (κ1) is 14.7. The Morgan fingerprint density at radius 1 is 1.29 bits per heavy atom. The normalized spacial score (nSPS) is 11.1. The van der Waals surface area contributed by atoms with Gasteiger partial charge in [0.25, 0.3) is 0 Å². The lowest BCUT2D eigenvalue weighted by Gasteiger charge is -2.13. The highest BCUT2D eigenvalue weighted by atomic mass is 16.4. The fraction of sp³-hybridized carbons (Fsp3) is 0.500. The molecule has 6 N–H and O–H groups in total. The number of hydrogen-bond donors (Lipinski definition) is 5. The van der Waals surface area contributed by atoms with E-state index in [1.807, 2.05) is 5.32 Å². The molecule has 0 aliphatic heterocycles. The van der Waals surface area contributed by atoms with Crippen molar-refractivity contribution < 1.29 is 24.3 Å². The van der Waals surface area contributed by atoms with E-state index in [0.29, 0.717) is 0 Å². The molecule has 17 heavy (non-hydrogen) atoms. The molecule has 0 aromatic carbocycles. The largest absolute Gasteiger partial charge is 0.480 e. The molecule has 96 valence electrons. The molecule has 9 nitrogen and oxygen atoms in total. The van der Waals surface area contributed by atoms with E-state index >= 15 is 0 Å². The lowest BCUT2D eigenvalue weighted by atomic mass is 10.2.